The number of carbonyl (C=O) groups is 2. The van der Waals surface area contributed by atoms with E-state index in [9.17, 15) is 14.7 Å². The lowest BCUT2D eigenvalue weighted by Crippen LogP contribution is -2.54. The molecule has 1 fully saturated rings. The molecule has 1 aliphatic carbocycles. The van der Waals surface area contributed by atoms with Crippen LogP contribution in [0.4, 0.5) is 4.79 Å². The van der Waals surface area contributed by atoms with Crippen molar-refractivity contribution in [3.63, 3.8) is 0 Å². The average molecular weight is 492 g/mol. The van der Waals surface area contributed by atoms with Gasteiger partial charge in [0.2, 0.25) is 6.41 Å². The number of benzene rings is 1. The lowest BCUT2D eigenvalue weighted by molar-refractivity contribution is -0.246. The Hall–Kier alpha value is -2.16. The summed E-state index contributed by atoms with van der Waals surface area (Å²) in [5, 5.41) is 14.3. The van der Waals surface area contributed by atoms with Gasteiger partial charge in [0, 0.05) is 13.1 Å². The van der Waals surface area contributed by atoms with E-state index in [2.05, 4.69) is 5.43 Å². The van der Waals surface area contributed by atoms with Gasteiger partial charge in [-0.3, -0.25) is 15.1 Å². The second-order valence-corrected chi connectivity index (χ2v) is 11.5. The molecule has 0 aliphatic heterocycles. The first-order valence-corrected chi connectivity index (χ1v) is 12.8. The Morgan fingerprint density at radius 2 is 1.71 bits per heavy atom. The zero-order valence-electron chi connectivity index (χ0n) is 22.3. The molecule has 198 valence electrons. The third-order valence-corrected chi connectivity index (χ3v) is 5.83. The molecule has 2 unspecified atom stereocenters. The number of carbonyl (C=O) groups excluding carboxylic acids is 2. The van der Waals surface area contributed by atoms with Crippen LogP contribution >= 0.6 is 0 Å². The number of ether oxygens (including phenoxy) is 1. The molecule has 1 saturated carbocycles. The molecule has 2 rings (SSSR count). The van der Waals surface area contributed by atoms with Crippen molar-refractivity contribution >= 4 is 12.5 Å². The second kappa shape index (κ2) is 13.2. The number of rotatable bonds is 11. The minimum atomic E-state index is -0.955. The zero-order valence-corrected chi connectivity index (χ0v) is 22.3. The highest BCUT2D eigenvalue weighted by atomic mass is 16.7. The maximum absolute atomic E-state index is 12.6. The van der Waals surface area contributed by atoms with Gasteiger partial charge in [-0.25, -0.2) is 14.9 Å². The highest BCUT2D eigenvalue weighted by Gasteiger charge is 2.34. The number of nitrogens with one attached hydrogen (secondary N) is 1. The molecule has 0 radical (unpaired) electrons. The summed E-state index contributed by atoms with van der Waals surface area (Å²) in [4.78, 5) is 30.6. The van der Waals surface area contributed by atoms with Crippen molar-refractivity contribution in [1.29, 1.82) is 0 Å². The van der Waals surface area contributed by atoms with E-state index in [0.29, 0.717) is 25.3 Å². The van der Waals surface area contributed by atoms with Gasteiger partial charge in [0.05, 0.1) is 17.7 Å². The molecule has 0 aromatic heterocycles. The van der Waals surface area contributed by atoms with Crippen molar-refractivity contribution in [3.05, 3.63) is 35.9 Å². The first-order valence-electron chi connectivity index (χ1n) is 12.8. The number of nitrogens with zero attached hydrogens (tertiary/aromatic N) is 2. The van der Waals surface area contributed by atoms with E-state index in [1.807, 2.05) is 51.1 Å². The lowest BCUT2D eigenvalue weighted by atomic mass is 9.83. The van der Waals surface area contributed by atoms with E-state index >= 15 is 0 Å². The first-order chi connectivity index (χ1) is 16.4. The van der Waals surface area contributed by atoms with E-state index < -0.39 is 29.4 Å². The summed E-state index contributed by atoms with van der Waals surface area (Å²) in [6, 6.07) is 9.14. The summed E-state index contributed by atoms with van der Waals surface area (Å²) < 4.78 is 5.44. The molecule has 8 nitrogen and oxygen atoms in total. The van der Waals surface area contributed by atoms with Crippen LogP contribution in [-0.4, -0.2) is 57.6 Å². The number of aliphatic hydroxyl groups is 1. The SMILES string of the molecule is CC(C)(C)OC(=O)NN(Cc1ccccc1)CC(O)C(CC1CCCCC1)N(C=O)OC(C)(C)C. The number of amides is 2. The Balaban J connectivity index is 2.22. The molecular formula is C27H45N3O5. The van der Waals surface area contributed by atoms with E-state index in [1.54, 1.807) is 25.8 Å². The summed E-state index contributed by atoms with van der Waals surface area (Å²) in [7, 11) is 0. The maximum atomic E-state index is 12.6. The van der Waals surface area contributed by atoms with Gasteiger partial charge in [-0.15, -0.1) is 0 Å². The molecule has 35 heavy (non-hydrogen) atoms. The van der Waals surface area contributed by atoms with Crippen molar-refractivity contribution in [2.45, 2.75) is 110 Å². The number of hydroxylamine groups is 2. The molecule has 1 aliphatic rings. The molecule has 2 amide bonds. The van der Waals surface area contributed by atoms with E-state index in [4.69, 9.17) is 9.57 Å². The van der Waals surface area contributed by atoms with Crippen LogP contribution < -0.4 is 5.43 Å². The average Bonchev–Trinajstić information content (AvgIpc) is 2.75. The van der Waals surface area contributed by atoms with Crippen molar-refractivity contribution in [2.24, 2.45) is 5.92 Å². The maximum Gasteiger partial charge on any atom is 0.422 e. The van der Waals surface area contributed by atoms with Crippen LogP contribution in [0, 0.1) is 5.92 Å². The van der Waals surface area contributed by atoms with Gasteiger partial charge in [0.15, 0.2) is 0 Å². The Bertz CT molecular complexity index is 769. The van der Waals surface area contributed by atoms with Gasteiger partial charge in [-0.2, -0.15) is 0 Å². The van der Waals surface area contributed by atoms with Gasteiger partial charge in [0.1, 0.15) is 5.60 Å². The highest BCUT2D eigenvalue weighted by Crippen LogP contribution is 2.30. The molecule has 0 saturated heterocycles. The van der Waals surface area contributed by atoms with Gasteiger partial charge in [0.25, 0.3) is 0 Å². The molecule has 0 heterocycles. The molecule has 0 spiro atoms. The second-order valence-electron chi connectivity index (χ2n) is 11.5. The van der Waals surface area contributed by atoms with Crippen LogP contribution in [0.1, 0.15) is 85.6 Å². The van der Waals surface area contributed by atoms with Gasteiger partial charge in [-0.1, -0.05) is 62.4 Å². The fraction of sp³-hybridized carbons (Fsp3) is 0.704. The summed E-state index contributed by atoms with van der Waals surface area (Å²) >= 11 is 0. The normalized spacial score (nSPS) is 17.0. The number of hydrazine groups is 1. The van der Waals surface area contributed by atoms with Crippen LogP contribution in [0.25, 0.3) is 0 Å². The Kier molecular flexibility index (Phi) is 11.0. The monoisotopic (exact) mass is 491 g/mol. The standard InChI is InChI=1S/C27H45N3O5/c1-26(2,3)34-25(33)28-29(18-22-15-11-8-12-16-22)19-24(32)23(17-21-13-9-7-10-14-21)30(20-31)35-27(4,5)6/h8,11-12,15-16,20-21,23-24,32H,7,9-10,13-14,17-19H2,1-6H3,(H,28,33). The Labute approximate surface area is 210 Å². The number of aliphatic hydroxyl groups excluding tert-OH is 1. The zero-order chi connectivity index (χ0) is 26.1. The van der Waals surface area contributed by atoms with Crippen LogP contribution in [-0.2, 0) is 20.9 Å². The molecule has 8 heteroatoms. The molecule has 2 atom stereocenters. The molecule has 1 aromatic carbocycles. The minimum Gasteiger partial charge on any atom is -0.443 e. The summed E-state index contributed by atoms with van der Waals surface area (Å²) in [5.74, 6) is 0.413. The molecule has 1 aromatic rings. The summed E-state index contributed by atoms with van der Waals surface area (Å²) in [6.45, 7) is 11.5. The predicted molar refractivity (Wildman–Crippen MR) is 136 cm³/mol. The highest BCUT2D eigenvalue weighted by molar-refractivity contribution is 5.67. The number of hydrogen-bond acceptors (Lipinski definition) is 6. The Morgan fingerprint density at radius 3 is 2.26 bits per heavy atom. The molecular weight excluding hydrogens is 446 g/mol. The largest absolute Gasteiger partial charge is 0.443 e. The third-order valence-electron chi connectivity index (χ3n) is 5.83. The Morgan fingerprint density at radius 1 is 1.09 bits per heavy atom. The van der Waals surface area contributed by atoms with Crippen molar-refractivity contribution in [2.75, 3.05) is 6.54 Å². The van der Waals surface area contributed by atoms with Crippen LogP contribution in [0.3, 0.4) is 0 Å². The summed E-state index contributed by atoms with van der Waals surface area (Å²) in [6.07, 6.45) is 5.46. The quantitative estimate of drug-likeness (QED) is 0.341. The van der Waals surface area contributed by atoms with E-state index in [1.165, 1.54) is 11.5 Å². The van der Waals surface area contributed by atoms with Gasteiger partial charge >= 0.3 is 6.09 Å². The molecule has 0 bridgehead atoms. The fourth-order valence-electron chi connectivity index (χ4n) is 4.41. The van der Waals surface area contributed by atoms with Crippen LogP contribution in [0.15, 0.2) is 30.3 Å². The lowest BCUT2D eigenvalue weighted by Gasteiger charge is -2.39. The number of hydrogen-bond donors (Lipinski definition) is 2. The van der Waals surface area contributed by atoms with E-state index in [0.717, 1.165) is 31.2 Å². The minimum absolute atomic E-state index is 0.101. The fourth-order valence-corrected chi connectivity index (χ4v) is 4.41. The van der Waals surface area contributed by atoms with Gasteiger partial charge < -0.3 is 9.84 Å². The molecule has 2 N–H and O–H groups in total. The van der Waals surface area contributed by atoms with Crippen molar-refractivity contribution in [3.8, 4) is 0 Å². The predicted octanol–water partition coefficient (Wildman–Crippen LogP) is 4.82. The van der Waals surface area contributed by atoms with Crippen LogP contribution in [0.2, 0.25) is 0 Å². The van der Waals surface area contributed by atoms with Crippen LogP contribution in [0.5, 0.6) is 0 Å². The smallest absolute Gasteiger partial charge is 0.422 e. The van der Waals surface area contributed by atoms with Gasteiger partial charge in [-0.05, 0) is 59.4 Å². The topological polar surface area (TPSA) is 91.3 Å². The first kappa shape index (κ1) is 29.1. The van der Waals surface area contributed by atoms with E-state index in [-0.39, 0.29) is 6.54 Å². The third kappa shape index (κ3) is 11.4. The summed E-state index contributed by atoms with van der Waals surface area (Å²) in [5.41, 5.74) is 2.50. The van der Waals surface area contributed by atoms with Crippen molar-refractivity contribution < 1.29 is 24.3 Å². The van der Waals surface area contributed by atoms with Crippen molar-refractivity contribution in [1.82, 2.24) is 15.5 Å².